The van der Waals surface area contributed by atoms with Crippen LogP contribution in [0.2, 0.25) is 0 Å². The molecule has 0 unspecified atom stereocenters. The van der Waals surface area contributed by atoms with Gasteiger partial charge in [-0.1, -0.05) is 98.3 Å². The molecule has 0 fully saturated rings. The quantitative estimate of drug-likeness (QED) is 0.126. The fourth-order valence-electron chi connectivity index (χ4n) is 3.60. The number of rotatable bonds is 22. The maximum Gasteiger partial charge on any atom is 0.305 e. The summed E-state index contributed by atoms with van der Waals surface area (Å²) >= 11 is 0. The Hall–Kier alpha value is -1.06. The number of carbonyl (C=O) groups is 2. The lowest BCUT2D eigenvalue weighted by Crippen LogP contribution is -2.06. The maximum atomic E-state index is 11.7. The van der Waals surface area contributed by atoms with Crippen molar-refractivity contribution >= 4 is 11.9 Å². The molecule has 4 heteroatoms. The number of esters is 2. The highest BCUT2D eigenvalue weighted by atomic mass is 16.5. The molecule has 0 rings (SSSR count). The van der Waals surface area contributed by atoms with E-state index in [0.29, 0.717) is 26.1 Å². The van der Waals surface area contributed by atoms with Crippen LogP contribution in [0, 0.1) is 11.8 Å². The van der Waals surface area contributed by atoms with Gasteiger partial charge in [-0.05, 0) is 37.5 Å². The molecule has 0 aromatic heterocycles. The molecule has 0 N–H and O–H groups in total. The number of unbranched alkanes of at least 4 members (excludes halogenated alkanes) is 10. The normalized spacial score (nSPS) is 11.3. The van der Waals surface area contributed by atoms with Gasteiger partial charge in [0.2, 0.25) is 0 Å². The molecule has 0 saturated heterocycles. The van der Waals surface area contributed by atoms with Crippen LogP contribution in [-0.4, -0.2) is 25.2 Å². The van der Waals surface area contributed by atoms with Crippen LogP contribution in [0.4, 0.5) is 0 Å². The molecule has 0 bridgehead atoms. The Morgan fingerprint density at radius 1 is 0.484 bits per heavy atom. The van der Waals surface area contributed by atoms with Crippen molar-refractivity contribution in [2.75, 3.05) is 13.2 Å². The van der Waals surface area contributed by atoms with Crippen LogP contribution in [0.1, 0.15) is 137 Å². The molecule has 0 saturated carbocycles. The van der Waals surface area contributed by atoms with E-state index < -0.39 is 0 Å². The van der Waals surface area contributed by atoms with Crippen LogP contribution in [-0.2, 0) is 19.1 Å². The van der Waals surface area contributed by atoms with Crippen molar-refractivity contribution in [3.05, 3.63) is 0 Å². The predicted octanol–water partition coefficient (Wildman–Crippen LogP) is 8.02. The van der Waals surface area contributed by atoms with Crippen molar-refractivity contribution < 1.29 is 19.1 Å². The lowest BCUT2D eigenvalue weighted by Gasteiger charge is -2.07. The fourth-order valence-corrected chi connectivity index (χ4v) is 3.60. The Kier molecular flexibility index (Phi) is 21.4. The van der Waals surface area contributed by atoms with E-state index in [0.717, 1.165) is 69.6 Å². The Bertz CT molecular complexity index is 379. The van der Waals surface area contributed by atoms with E-state index in [2.05, 4.69) is 27.7 Å². The molecule has 0 spiro atoms. The number of carbonyl (C=O) groups excluding carboxylic acids is 2. The lowest BCUT2D eigenvalue weighted by atomic mass is 10.0. The van der Waals surface area contributed by atoms with Gasteiger partial charge in [-0.3, -0.25) is 9.59 Å². The van der Waals surface area contributed by atoms with Gasteiger partial charge in [0.1, 0.15) is 0 Å². The minimum Gasteiger partial charge on any atom is -0.466 e. The second-order valence-corrected chi connectivity index (χ2v) is 9.90. The minimum atomic E-state index is -0.0457. The third-order valence-corrected chi connectivity index (χ3v) is 5.64. The lowest BCUT2D eigenvalue weighted by molar-refractivity contribution is -0.144. The molecule has 31 heavy (non-hydrogen) atoms. The summed E-state index contributed by atoms with van der Waals surface area (Å²) in [5, 5.41) is 0. The third-order valence-electron chi connectivity index (χ3n) is 5.64. The molecule has 0 aliphatic carbocycles. The van der Waals surface area contributed by atoms with Crippen molar-refractivity contribution in [3.63, 3.8) is 0 Å². The van der Waals surface area contributed by atoms with E-state index >= 15 is 0 Å². The highest BCUT2D eigenvalue weighted by Gasteiger charge is 2.04. The van der Waals surface area contributed by atoms with Crippen molar-refractivity contribution in [1.29, 1.82) is 0 Å². The predicted molar refractivity (Wildman–Crippen MR) is 130 cm³/mol. The van der Waals surface area contributed by atoms with Gasteiger partial charge in [-0.15, -0.1) is 0 Å². The van der Waals surface area contributed by atoms with E-state index in [4.69, 9.17) is 9.47 Å². The average molecular weight is 441 g/mol. The van der Waals surface area contributed by atoms with Crippen LogP contribution in [0.3, 0.4) is 0 Å². The molecule has 0 atom stereocenters. The topological polar surface area (TPSA) is 52.6 Å². The largest absolute Gasteiger partial charge is 0.466 e. The van der Waals surface area contributed by atoms with Crippen LogP contribution in [0.15, 0.2) is 0 Å². The zero-order chi connectivity index (χ0) is 23.2. The summed E-state index contributed by atoms with van der Waals surface area (Å²) in [4.78, 5) is 23.4. The maximum absolute atomic E-state index is 11.7. The van der Waals surface area contributed by atoms with Gasteiger partial charge in [-0.2, -0.15) is 0 Å². The van der Waals surface area contributed by atoms with Crippen LogP contribution in [0.5, 0.6) is 0 Å². The Morgan fingerprint density at radius 3 is 1.19 bits per heavy atom. The van der Waals surface area contributed by atoms with Gasteiger partial charge >= 0.3 is 11.9 Å². The van der Waals surface area contributed by atoms with Crippen molar-refractivity contribution in [2.45, 2.75) is 137 Å². The van der Waals surface area contributed by atoms with Gasteiger partial charge in [0.15, 0.2) is 0 Å². The monoisotopic (exact) mass is 440 g/mol. The van der Waals surface area contributed by atoms with Gasteiger partial charge in [0.05, 0.1) is 13.2 Å². The van der Waals surface area contributed by atoms with Crippen LogP contribution < -0.4 is 0 Å². The SMILES string of the molecule is CC(C)CCCCCCC(=O)OCCCCCCCOC(=O)CCCCCCC(C)C. The zero-order valence-corrected chi connectivity index (χ0v) is 21.2. The summed E-state index contributed by atoms with van der Waals surface area (Å²) in [7, 11) is 0. The van der Waals surface area contributed by atoms with E-state index in [9.17, 15) is 9.59 Å². The molecule has 0 aliphatic rings. The summed E-state index contributed by atoms with van der Waals surface area (Å²) in [5.74, 6) is 1.46. The third kappa shape index (κ3) is 25.1. The van der Waals surface area contributed by atoms with Crippen LogP contribution in [0.25, 0.3) is 0 Å². The summed E-state index contributed by atoms with van der Waals surface area (Å²) in [5.41, 5.74) is 0. The summed E-state index contributed by atoms with van der Waals surface area (Å²) in [6, 6.07) is 0. The molecular formula is C27H52O4. The van der Waals surface area contributed by atoms with Crippen LogP contribution >= 0.6 is 0 Å². The summed E-state index contributed by atoms with van der Waals surface area (Å²) in [6.45, 7) is 10.1. The highest BCUT2D eigenvalue weighted by molar-refractivity contribution is 5.69. The molecule has 0 aromatic rings. The van der Waals surface area contributed by atoms with Gasteiger partial charge in [-0.25, -0.2) is 0 Å². The summed E-state index contributed by atoms with van der Waals surface area (Å²) < 4.78 is 10.6. The first-order valence-electron chi connectivity index (χ1n) is 13.2. The molecular weight excluding hydrogens is 388 g/mol. The smallest absolute Gasteiger partial charge is 0.305 e. The first-order chi connectivity index (χ1) is 14.9. The second kappa shape index (κ2) is 22.1. The highest BCUT2D eigenvalue weighted by Crippen LogP contribution is 2.12. The first-order valence-corrected chi connectivity index (χ1v) is 13.2. The Labute approximate surface area is 193 Å². The van der Waals surface area contributed by atoms with E-state index in [1.807, 2.05) is 0 Å². The summed E-state index contributed by atoms with van der Waals surface area (Å²) in [6.07, 6.45) is 17.9. The van der Waals surface area contributed by atoms with Gasteiger partial charge < -0.3 is 9.47 Å². The zero-order valence-electron chi connectivity index (χ0n) is 21.2. The number of hydrogen-bond donors (Lipinski definition) is 0. The number of hydrogen-bond acceptors (Lipinski definition) is 4. The number of ether oxygens (including phenoxy) is 2. The standard InChI is InChI=1S/C27H52O4/c1-24(2)18-12-6-8-14-20-26(28)30-22-16-10-5-11-17-23-31-27(29)21-15-9-7-13-19-25(3)4/h24-25H,5-23H2,1-4H3. The second-order valence-electron chi connectivity index (χ2n) is 9.90. The Morgan fingerprint density at radius 2 is 0.806 bits per heavy atom. The van der Waals surface area contributed by atoms with Gasteiger partial charge in [0, 0.05) is 12.8 Å². The Balaban J connectivity index is 3.28. The van der Waals surface area contributed by atoms with E-state index in [-0.39, 0.29) is 11.9 Å². The molecule has 0 heterocycles. The molecule has 0 aliphatic heterocycles. The molecule has 4 nitrogen and oxygen atoms in total. The molecule has 0 amide bonds. The molecule has 0 aromatic carbocycles. The van der Waals surface area contributed by atoms with Crippen molar-refractivity contribution in [3.8, 4) is 0 Å². The van der Waals surface area contributed by atoms with E-state index in [1.54, 1.807) is 0 Å². The van der Waals surface area contributed by atoms with E-state index in [1.165, 1.54) is 38.5 Å². The van der Waals surface area contributed by atoms with Gasteiger partial charge in [0.25, 0.3) is 0 Å². The van der Waals surface area contributed by atoms with Crippen molar-refractivity contribution in [1.82, 2.24) is 0 Å². The molecule has 184 valence electrons. The van der Waals surface area contributed by atoms with Crippen molar-refractivity contribution in [2.24, 2.45) is 11.8 Å². The molecule has 0 radical (unpaired) electrons. The average Bonchev–Trinajstić information content (AvgIpc) is 2.71. The fraction of sp³-hybridized carbons (Fsp3) is 0.926. The first kappa shape index (κ1) is 29.9. The minimum absolute atomic E-state index is 0.0457.